The second kappa shape index (κ2) is 9.31. The van der Waals surface area contributed by atoms with E-state index < -0.39 is 34.9 Å². The largest absolute Gasteiger partial charge is 0.467 e. The van der Waals surface area contributed by atoms with Gasteiger partial charge >= 0.3 is 5.97 Å². The van der Waals surface area contributed by atoms with E-state index in [-0.39, 0.29) is 5.69 Å². The monoisotopic (exact) mass is 393 g/mol. The molecule has 0 unspecified atom stereocenters. The van der Waals surface area contributed by atoms with E-state index >= 15 is 0 Å². The first-order valence-corrected chi connectivity index (χ1v) is 9.52. The van der Waals surface area contributed by atoms with E-state index in [9.17, 15) is 18.8 Å². The van der Waals surface area contributed by atoms with Crippen molar-refractivity contribution in [3.63, 3.8) is 0 Å². The highest BCUT2D eigenvalue weighted by Gasteiger charge is 2.24. The number of carbonyl (C=O) groups excluding carboxylic acids is 2. The first kappa shape index (κ1) is 20.6. The van der Waals surface area contributed by atoms with E-state index in [1.165, 1.54) is 47.8 Å². The van der Waals surface area contributed by atoms with E-state index in [4.69, 9.17) is 0 Å². The number of carbonyl (C=O) groups is 2. The number of aromatic nitrogens is 2. The molecular formula is C18H20FN3O4S. The predicted molar refractivity (Wildman–Crippen MR) is 101 cm³/mol. The maximum atomic E-state index is 14.1. The van der Waals surface area contributed by atoms with E-state index in [1.807, 2.05) is 6.26 Å². The van der Waals surface area contributed by atoms with Crippen molar-refractivity contribution in [2.45, 2.75) is 19.4 Å². The topological polar surface area (TPSA) is 90.3 Å². The van der Waals surface area contributed by atoms with Gasteiger partial charge in [0.15, 0.2) is 5.69 Å². The highest BCUT2D eigenvalue weighted by Crippen LogP contribution is 2.13. The summed E-state index contributed by atoms with van der Waals surface area (Å²) in [5.41, 5.74) is -0.572. The normalized spacial score (nSPS) is 11.7. The third kappa shape index (κ3) is 4.94. The molecule has 27 heavy (non-hydrogen) atoms. The van der Waals surface area contributed by atoms with Crippen LogP contribution in [0.25, 0.3) is 5.69 Å². The van der Waals surface area contributed by atoms with E-state index in [1.54, 1.807) is 13.0 Å². The van der Waals surface area contributed by atoms with Gasteiger partial charge in [-0.05, 0) is 37.5 Å². The first-order valence-electron chi connectivity index (χ1n) is 8.12. The van der Waals surface area contributed by atoms with Crippen molar-refractivity contribution in [3.8, 4) is 5.69 Å². The zero-order valence-corrected chi connectivity index (χ0v) is 16.0. The average Bonchev–Trinajstić information content (AvgIpc) is 2.65. The van der Waals surface area contributed by atoms with Crippen molar-refractivity contribution in [1.29, 1.82) is 0 Å². The fourth-order valence-electron chi connectivity index (χ4n) is 2.43. The Bertz CT molecular complexity index is 900. The molecule has 1 aromatic heterocycles. The minimum atomic E-state index is -0.903. The Balaban J connectivity index is 2.38. The molecule has 1 amide bonds. The summed E-state index contributed by atoms with van der Waals surface area (Å²) in [7, 11) is 1.22. The number of rotatable bonds is 7. The van der Waals surface area contributed by atoms with Gasteiger partial charge in [0, 0.05) is 11.8 Å². The van der Waals surface area contributed by atoms with Crippen molar-refractivity contribution in [1.82, 2.24) is 15.1 Å². The maximum absolute atomic E-state index is 14.1. The molecule has 0 bridgehead atoms. The minimum absolute atomic E-state index is 0.107. The summed E-state index contributed by atoms with van der Waals surface area (Å²) in [4.78, 5) is 36.6. The number of esters is 1. The second-order valence-corrected chi connectivity index (χ2v) is 6.68. The van der Waals surface area contributed by atoms with Gasteiger partial charge in [-0.1, -0.05) is 12.1 Å². The summed E-state index contributed by atoms with van der Waals surface area (Å²) < 4.78 is 20.0. The number of methoxy groups -OCH3 is 1. The molecule has 1 aromatic carbocycles. The summed E-state index contributed by atoms with van der Waals surface area (Å²) in [5.74, 6) is -1.36. The highest BCUT2D eigenvalue weighted by molar-refractivity contribution is 7.98. The zero-order chi connectivity index (χ0) is 20.0. The summed E-state index contributed by atoms with van der Waals surface area (Å²) in [5, 5.41) is 6.49. The summed E-state index contributed by atoms with van der Waals surface area (Å²) in [6, 6.07) is 6.17. The van der Waals surface area contributed by atoms with Crippen LogP contribution in [0, 0.1) is 12.7 Å². The number of hydrogen-bond acceptors (Lipinski definition) is 6. The van der Waals surface area contributed by atoms with Crippen LogP contribution in [0.4, 0.5) is 4.39 Å². The summed E-state index contributed by atoms with van der Waals surface area (Å²) >= 11 is 1.50. The van der Waals surface area contributed by atoms with Gasteiger partial charge in [0.25, 0.3) is 5.91 Å². The highest BCUT2D eigenvalue weighted by atomic mass is 32.2. The van der Waals surface area contributed by atoms with E-state index in [0.717, 1.165) is 0 Å². The van der Waals surface area contributed by atoms with Crippen LogP contribution in [0.1, 0.15) is 22.6 Å². The van der Waals surface area contributed by atoms with Gasteiger partial charge in [-0.3, -0.25) is 9.59 Å². The second-order valence-electron chi connectivity index (χ2n) is 5.69. The fraction of sp³-hybridized carbons (Fsp3) is 0.333. The lowest BCUT2D eigenvalue weighted by Crippen LogP contribution is -2.44. The van der Waals surface area contributed by atoms with Crippen molar-refractivity contribution in [2.24, 2.45) is 0 Å². The molecule has 0 fully saturated rings. The SMILES string of the molecule is COC(=O)[C@H](CCSC)NC(=O)c1nn(-c2ccccc2F)c(C)cc1=O. The molecule has 2 rings (SSSR count). The Labute approximate surface area is 159 Å². The number of benzene rings is 1. The molecule has 0 saturated carbocycles. The van der Waals surface area contributed by atoms with Crippen molar-refractivity contribution in [3.05, 3.63) is 57.8 Å². The number of aryl methyl sites for hydroxylation is 1. The third-order valence-corrected chi connectivity index (χ3v) is 4.45. The number of ether oxygens (including phenoxy) is 1. The molecule has 2 aromatic rings. The quantitative estimate of drug-likeness (QED) is 0.720. The van der Waals surface area contributed by atoms with Gasteiger partial charge in [0.1, 0.15) is 17.5 Å². The fourth-order valence-corrected chi connectivity index (χ4v) is 2.90. The van der Waals surface area contributed by atoms with Crippen LogP contribution in [0.2, 0.25) is 0 Å². The molecular weight excluding hydrogens is 373 g/mol. The predicted octanol–water partition coefficient (Wildman–Crippen LogP) is 1.70. The standard InChI is InChI=1S/C18H20FN3O4S/c1-11-10-15(23)16(21-22(11)14-7-5-4-6-12(14)19)17(24)20-13(8-9-27-3)18(25)26-2/h4-7,10,13H,8-9H2,1-3H3,(H,20,24)/t13-/m0/s1. The van der Waals surface area contributed by atoms with Crippen LogP contribution in [0.3, 0.4) is 0 Å². The van der Waals surface area contributed by atoms with Crippen LogP contribution in [-0.4, -0.2) is 46.8 Å². The van der Waals surface area contributed by atoms with Crippen molar-refractivity contribution in [2.75, 3.05) is 19.1 Å². The Morgan fingerprint density at radius 1 is 1.37 bits per heavy atom. The Hall–Kier alpha value is -2.68. The van der Waals surface area contributed by atoms with Crippen LogP contribution in [-0.2, 0) is 9.53 Å². The van der Waals surface area contributed by atoms with Gasteiger partial charge < -0.3 is 10.1 Å². The van der Waals surface area contributed by atoms with Crippen LogP contribution in [0.5, 0.6) is 0 Å². The third-order valence-electron chi connectivity index (χ3n) is 3.80. The van der Waals surface area contributed by atoms with Crippen molar-refractivity contribution >= 4 is 23.6 Å². The number of nitrogens with zero attached hydrogens (tertiary/aromatic N) is 2. The van der Waals surface area contributed by atoms with Crippen LogP contribution >= 0.6 is 11.8 Å². The molecule has 7 nitrogen and oxygen atoms in total. The maximum Gasteiger partial charge on any atom is 0.328 e. The van der Waals surface area contributed by atoms with Gasteiger partial charge in [0.05, 0.1) is 7.11 Å². The number of hydrogen-bond donors (Lipinski definition) is 1. The average molecular weight is 393 g/mol. The molecule has 1 heterocycles. The molecule has 0 aliphatic heterocycles. The molecule has 9 heteroatoms. The Morgan fingerprint density at radius 2 is 2.07 bits per heavy atom. The first-order chi connectivity index (χ1) is 12.9. The molecule has 0 spiro atoms. The molecule has 1 N–H and O–H groups in total. The van der Waals surface area contributed by atoms with E-state index in [2.05, 4.69) is 15.2 Å². The lowest BCUT2D eigenvalue weighted by Gasteiger charge is -2.16. The lowest BCUT2D eigenvalue weighted by atomic mass is 10.2. The number of halogens is 1. The number of thioether (sulfide) groups is 1. The van der Waals surface area contributed by atoms with Gasteiger partial charge in [-0.25, -0.2) is 13.9 Å². The number of para-hydroxylation sites is 1. The minimum Gasteiger partial charge on any atom is -0.467 e. The summed E-state index contributed by atoms with van der Waals surface area (Å²) in [6.07, 6.45) is 2.21. The molecule has 1 atom stereocenters. The number of amides is 1. The number of nitrogens with one attached hydrogen (secondary N) is 1. The van der Waals surface area contributed by atoms with Crippen LogP contribution < -0.4 is 10.7 Å². The molecule has 0 saturated heterocycles. The summed E-state index contributed by atoms with van der Waals surface area (Å²) in [6.45, 7) is 1.58. The molecule has 0 radical (unpaired) electrons. The molecule has 144 valence electrons. The van der Waals surface area contributed by atoms with Crippen molar-refractivity contribution < 1.29 is 18.7 Å². The Morgan fingerprint density at radius 3 is 2.70 bits per heavy atom. The molecule has 0 aliphatic carbocycles. The van der Waals surface area contributed by atoms with Gasteiger partial charge in [-0.2, -0.15) is 16.9 Å². The van der Waals surface area contributed by atoms with Crippen LogP contribution in [0.15, 0.2) is 35.1 Å². The lowest BCUT2D eigenvalue weighted by molar-refractivity contribution is -0.142. The zero-order valence-electron chi connectivity index (χ0n) is 15.2. The van der Waals surface area contributed by atoms with Gasteiger partial charge in [-0.15, -0.1) is 0 Å². The van der Waals surface area contributed by atoms with Gasteiger partial charge in [0.2, 0.25) is 5.43 Å². The Kier molecular flexibility index (Phi) is 7.12. The van der Waals surface area contributed by atoms with E-state index in [0.29, 0.717) is 17.9 Å². The molecule has 0 aliphatic rings. The smallest absolute Gasteiger partial charge is 0.328 e.